The van der Waals surface area contributed by atoms with Crippen molar-refractivity contribution in [1.29, 1.82) is 0 Å². The van der Waals surface area contributed by atoms with Gasteiger partial charge < -0.3 is 4.90 Å². The van der Waals surface area contributed by atoms with Crippen LogP contribution in [-0.2, 0) is 11.2 Å². The zero-order chi connectivity index (χ0) is 13.5. The van der Waals surface area contributed by atoms with Gasteiger partial charge in [-0.2, -0.15) is 0 Å². The minimum absolute atomic E-state index is 0.337. The molecular weight excluding hydrogens is 302 g/mol. The molecule has 0 radical (unpaired) electrons. The maximum absolute atomic E-state index is 12.1. The number of hydrogen-bond acceptors (Lipinski definition) is 1. The minimum atomic E-state index is 0.337. The molecule has 1 aliphatic heterocycles. The van der Waals surface area contributed by atoms with Crippen molar-refractivity contribution in [2.24, 2.45) is 5.92 Å². The van der Waals surface area contributed by atoms with Crippen LogP contribution in [0.5, 0.6) is 0 Å². The summed E-state index contributed by atoms with van der Waals surface area (Å²) in [5.41, 5.74) is 1.33. The predicted octanol–water partition coefficient (Wildman–Crippen LogP) is 3.64. The Hall–Kier alpha value is -0.830. The molecule has 1 fully saturated rings. The molecule has 1 aliphatic rings. The van der Waals surface area contributed by atoms with Gasteiger partial charge in [-0.3, -0.25) is 4.79 Å². The number of rotatable bonds is 5. The van der Waals surface area contributed by atoms with Crippen LogP contribution in [0, 0.1) is 5.92 Å². The van der Waals surface area contributed by atoms with E-state index in [1.165, 1.54) is 5.56 Å². The highest BCUT2D eigenvalue weighted by Gasteiger charge is 2.21. The molecule has 0 atom stereocenters. The van der Waals surface area contributed by atoms with Crippen molar-refractivity contribution in [2.45, 2.75) is 32.1 Å². The van der Waals surface area contributed by atoms with E-state index in [4.69, 9.17) is 0 Å². The van der Waals surface area contributed by atoms with Gasteiger partial charge in [-0.1, -0.05) is 46.3 Å². The lowest BCUT2D eigenvalue weighted by Crippen LogP contribution is -2.38. The second-order valence-corrected chi connectivity index (χ2v) is 5.97. The summed E-state index contributed by atoms with van der Waals surface area (Å²) >= 11 is 3.53. The SMILES string of the molecule is O=C(CCCc1ccccc1)N1CCC(CBr)CC1. The number of likely N-dealkylation sites (tertiary alicyclic amines) is 1. The van der Waals surface area contributed by atoms with Crippen LogP contribution >= 0.6 is 15.9 Å². The van der Waals surface area contributed by atoms with Crippen LogP contribution in [-0.4, -0.2) is 29.2 Å². The molecule has 1 aromatic rings. The van der Waals surface area contributed by atoms with Crippen LogP contribution in [0.4, 0.5) is 0 Å². The Morgan fingerprint density at radius 2 is 1.89 bits per heavy atom. The normalized spacial score (nSPS) is 16.6. The van der Waals surface area contributed by atoms with Gasteiger partial charge in [0.1, 0.15) is 0 Å². The lowest BCUT2D eigenvalue weighted by Gasteiger charge is -2.31. The van der Waals surface area contributed by atoms with E-state index in [9.17, 15) is 4.79 Å². The second-order valence-electron chi connectivity index (χ2n) is 5.32. The molecule has 19 heavy (non-hydrogen) atoms. The number of benzene rings is 1. The summed E-state index contributed by atoms with van der Waals surface area (Å²) in [4.78, 5) is 14.1. The highest BCUT2D eigenvalue weighted by molar-refractivity contribution is 9.09. The molecular formula is C16H22BrNO. The molecule has 0 unspecified atom stereocenters. The average molecular weight is 324 g/mol. The van der Waals surface area contributed by atoms with Gasteiger partial charge in [-0.25, -0.2) is 0 Å². The predicted molar refractivity (Wildman–Crippen MR) is 82.5 cm³/mol. The highest BCUT2D eigenvalue weighted by Crippen LogP contribution is 2.19. The third-order valence-corrected chi connectivity index (χ3v) is 4.80. The second kappa shape index (κ2) is 7.68. The van der Waals surface area contributed by atoms with Gasteiger partial charge in [0.2, 0.25) is 5.91 Å². The number of aryl methyl sites for hydroxylation is 1. The number of halogens is 1. The summed E-state index contributed by atoms with van der Waals surface area (Å²) < 4.78 is 0. The van der Waals surface area contributed by atoms with E-state index in [-0.39, 0.29) is 0 Å². The number of piperidine rings is 1. The van der Waals surface area contributed by atoms with Gasteiger partial charge in [-0.05, 0) is 37.2 Å². The van der Waals surface area contributed by atoms with Gasteiger partial charge in [0.25, 0.3) is 0 Å². The van der Waals surface area contributed by atoms with E-state index in [1.807, 2.05) is 11.0 Å². The molecule has 0 aliphatic carbocycles. The van der Waals surface area contributed by atoms with Gasteiger partial charge >= 0.3 is 0 Å². The summed E-state index contributed by atoms with van der Waals surface area (Å²) in [6.07, 6.45) is 4.95. The third-order valence-electron chi connectivity index (χ3n) is 3.88. The standard InChI is InChI=1S/C16H22BrNO/c17-13-15-9-11-18(12-10-15)16(19)8-4-7-14-5-2-1-3-6-14/h1-3,5-6,15H,4,7-13H2. The summed E-state index contributed by atoms with van der Waals surface area (Å²) in [5, 5.41) is 1.07. The fourth-order valence-electron chi connectivity index (χ4n) is 2.58. The fourth-order valence-corrected chi connectivity index (χ4v) is 3.23. The number of alkyl halides is 1. The molecule has 3 heteroatoms. The first-order valence-electron chi connectivity index (χ1n) is 7.17. The van der Waals surface area contributed by atoms with Gasteiger partial charge in [0.15, 0.2) is 0 Å². The lowest BCUT2D eigenvalue weighted by molar-refractivity contribution is -0.132. The fraction of sp³-hybridized carbons (Fsp3) is 0.562. The van der Waals surface area contributed by atoms with E-state index in [0.29, 0.717) is 12.3 Å². The maximum atomic E-state index is 12.1. The van der Waals surface area contributed by atoms with Crippen LogP contribution < -0.4 is 0 Å². The Morgan fingerprint density at radius 1 is 1.21 bits per heavy atom. The Kier molecular flexibility index (Phi) is 5.90. The Bertz CT molecular complexity index is 385. The molecule has 1 amide bonds. The topological polar surface area (TPSA) is 20.3 Å². The highest BCUT2D eigenvalue weighted by atomic mass is 79.9. The van der Waals surface area contributed by atoms with Crippen LogP contribution in [0.1, 0.15) is 31.2 Å². The monoisotopic (exact) mass is 323 g/mol. The average Bonchev–Trinajstić information content (AvgIpc) is 2.48. The molecule has 104 valence electrons. The molecule has 0 spiro atoms. The molecule has 0 bridgehead atoms. The Morgan fingerprint density at radius 3 is 2.53 bits per heavy atom. The van der Waals surface area contributed by atoms with Gasteiger partial charge in [0.05, 0.1) is 0 Å². The zero-order valence-electron chi connectivity index (χ0n) is 11.4. The van der Waals surface area contributed by atoms with Gasteiger partial charge in [0, 0.05) is 24.8 Å². The molecule has 1 heterocycles. The van der Waals surface area contributed by atoms with E-state index in [1.54, 1.807) is 0 Å². The smallest absolute Gasteiger partial charge is 0.222 e. The van der Waals surface area contributed by atoms with Gasteiger partial charge in [-0.15, -0.1) is 0 Å². The third kappa shape index (κ3) is 4.64. The molecule has 1 saturated heterocycles. The minimum Gasteiger partial charge on any atom is -0.343 e. The van der Waals surface area contributed by atoms with E-state index >= 15 is 0 Å². The Labute approximate surface area is 124 Å². The first kappa shape index (κ1) is 14.6. The number of amides is 1. The summed E-state index contributed by atoms with van der Waals surface area (Å²) in [5.74, 6) is 1.09. The molecule has 0 aromatic heterocycles. The zero-order valence-corrected chi connectivity index (χ0v) is 12.9. The summed E-state index contributed by atoms with van der Waals surface area (Å²) in [6, 6.07) is 10.4. The van der Waals surface area contributed by atoms with Crippen molar-refractivity contribution < 1.29 is 4.79 Å². The first-order valence-corrected chi connectivity index (χ1v) is 8.29. The number of carbonyl (C=O) groups is 1. The van der Waals surface area contributed by atoms with Crippen LogP contribution in [0.2, 0.25) is 0 Å². The Balaban J connectivity index is 1.67. The van der Waals surface area contributed by atoms with Crippen LogP contribution in [0.15, 0.2) is 30.3 Å². The van der Waals surface area contributed by atoms with Crippen molar-refractivity contribution in [3.63, 3.8) is 0 Å². The quantitative estimate of drug-likeness (QED) is 0.757. The molecule has 0 saturated carbocycles. The van der Waals surface area contributed by atoms with E-state index < -0.39 is 0 Å². The van der Waals surface area contributed by atoms with Crippen molar-refractivity contribution in [3.05, 3.63) is 35.9 Å². The number of nitrogens with zero attached hydrogens (tertiary/aromatic N) is 1. The van der Waals surface area contributed by atoms with E-state index in [0.717, 1.165) is 50.0 Å². The lowest BCUT2D eigenvalue weighted by atomic mass is 9.98. The molecule has 2 nitrogen and oxygen atoms in total. The number of carbonyl (C=O) groups excluding carboxylic acids is 1. The summed E-state index contributed by atoms with van der Waals surface area (Å²) in [6.45, 7) is 1.89. The molecule has 0 N–H and O–H groups in total. The van der Waals surface area contributed by atoms with Crippen molar-refractivity contribution in [2.75, 3.05) is 18.4 Å². The van der Waals surface area contributed by atoms with Crippen molar-refractivity contribution in [3.8, 4) is 0 Å². The van der Waals surface area contributed by atoms with Crippen molar-refractivity contribution in [1.82, 2.24) is 4.90 Å². The van der Waals surface area contributed by atoms with Crippen LogP contribution in [0.3, 0.4) is 0 Å². The van der Waals surface area contributed by atoms with Crippen LogP contribution in [0.25, 0.3) is 0 Å². The summed E-state index contributed by atoms with van der Waals surface area (Å²) in [7, 11) is 0. The molecule has 1 aromatic carbocycles. The van der Waals surface area contributed by atoms with E-state index in [2.05, 4.69) is 40.2 Å². The van der Waals surface area contributed by atoms with Crippen molar-refractivity contribution >= 4 is 21.8 Å². The number of hydrogen-bond donors (Lipinski definition) is 0. The first-order chi connectivity index (χ1) is 9.29. The largest absolute Gasteiger partial charge is 0.343 e. The maximum Gasteiger partial charge on any atom is 0.222 e. The molecule has 2 rings (SSSR count).